The van der Waals surface area contributed by atoms with E-state index in [4.69, 9.17) is 10.5 Å². The quantitative estimate of drug-likeness (QED) is 0.859. The molecule has 0 saturated carbocycles. The molecule has 0 spiro atoms. The summed E-state index contributed by atoms with van der Waals surface area (Å²) in [6.45, 7) is 4.85. The molecule has 1 aliphatic rings. The fraction of sp³-hybridized carbons (Fsp3) is 0.750. The number of methoxy groups -OCH3 is 1. The molecule has 0 amide bonds. The molecule has 17 heavy (non-hydrogen) atoms. The molecule has 5 nitrogen and oxygen atoms in total. The van der Waals surface area contributed by atoms with Crippen molar-refractivity contribution >= 4 is 11.5 Å². The summed E-state index contributed by atoms with van der Waals surface area (Å²) in [5.74, 6) is 1.66. The van der Waals surface area contributed by atoms with Crippen LogP contribution in [-0.4, -0.2) is 36.6 Å². The second kappa shape index (κ2) is 4.96. The number of piperidine rings is 1. The van der Waals surface area contributed by atoms with Crippen LogP contribution in [0.3, 0.4) is 0 Å². The van der Waals surface area contributed by atoms with Crippen molar-refractivity contribution in [3.8, 4) is 0 Å². The molecule has 0 radical (unpaired) electrons. The maximum Gasteiger partial charge on any atom is 0.150 e. The van der Waals surface area contributed by atoms with Gasteiger partial charge in [0.05, 0.1) is 18.0 Å². The average molecular weight is 238 g/mol. The third-order valence-corrected chi connectivity index (χ3v) is 3.46. The lowest BCUT2D eigenvalue weighted by molar-refractivity contribution is 0.143. The minimum atomic E-state index is 0.600. The fourth-order valence-electron chi connectivity index (χ4n) is 2.67. The van der Waals surface area contributed by atoms with E-state index in [9.17, 15) is 0 Å². The molecular formula is C12H22N4O. The first-order valence-electron chi connectivity index (χ1n) is 6.16. The summed E-state index contributed by atoms with van der Waals surface area (Å²) < 4.78 is 7.14. The van der Waals surface area contributed by atoms with Crippen LogP contribution < -0.4 is 10.6 Å². The van der Waals surface area contributed by atoms with Crippen molar-refractivity contribution in [2.45, 2.75) is 19.8 Å². The van der Waals surface area contributed by atoms with Crippen LogP contribution >= 0.6 is 0 Å². The lowest BCUT2D eigenvalue weighted by atomic mass is 9.99. The van der Waals surface area contributed by atoms with Gasteiger partial charge < -0.3 is 15.4 Å². The van der Waals surface area contributed by atoms with Gasteiger partial charge in [-0.3, -0.25) is 4.68 Å². The number of rotatable bonds is 3. The summed E-state index contributed by atoms with van der Waals surface area (Å²) in [5.41, 5.74) is 7.82. The van der Waals surface area contributed by atoms with Crippen molar-refractivity contribution in [2.24, 2.45) is 13.0 Å². The Morgan fingerprint density at radius 1 is 1.53 bits per heavy atom. The molecule has 2 N–H and O–H groups in total. The minimum Gasteiger partial charge on any atom is -0.394 e. The normalized spacial score (nSPS) is 20.9. The lowest BCUT2D eigenvalue weighted by Gasteiger charge is -2.34. The van der Waals surface area contributed by atoms with Crippen molar-refractivity contribution in [2.75, 3.05) is 37.4 Å². The summed E-state index contributed by atoms with van der Waals surface area (Å²) >= 11 is 0. The van der Waals surface area contributed by atoms with E-state index < -0.39 is 0 Å². The Hall–Kier alpha value is -1.23. The van der Waals surface area contributed by atoms with Gasteiger partial charge in [0.2, 0.25) is 0 Å². The highest BCUT2D eigenvalue weighted by Crippen LogP contribution is 2.29. The second-order valence-electron chi connectivity index (χ2n) is 4.86. The van der Waals surface area contributed by atoms with Crippen molar-refractivity contribution in [1.29, 1.82) is 0 Å². The van der Waals surface area contributed by atoms with Gasteiger partial charge in [0.25, 0.3) is 0 Å². The Balaban J connectivity index is 2.16. The molecule has 0 aromatic carbocycles. The Morgan fingerprint density at radius 2 is 2.29 bits per heavy atom. The molecule has 1 fully saturated rings. The highest BCUT2D eigenvalue weighted by atomic mass is 16.5. The van der Waals surface area contributed by atoms with Gasteiger partial charge in [0.1, 0.15) is 5.82 Å². The van der Waals surface area contributed by atoms with E-state index in [1.54, 1.807) is 7.11 Å². The van der Waals surface area contributed by atoms with E-state index in [1.807, 2.05) is 18.7 Å². The molecule has 2 rings (SSSR count). The van der Waals surface area contributed by atoms with Gasteiger partial charge in [0, 0.05) is 27.2 Å². The standard InChI is InChI=1S/C12H22N4O/c1-9-11(13)12(15(2)14-9)16-6-4-5-10(7-16)8-17-3/h10H,4-8,13H2,1-3H3. The molecular weight excluding hydrogens is 216 g/mol. The Morgan fingerprint density at radius 3 is 2.88 bits per heavy atom. The third kappa shape index (κ3) is 2.39. The number of hydrogen-bond acceptors (Lipinski definition) is 4. The topological polar surface area (TPSA) is 56.3 Å². The predicted octanol–water partition coefficient (Wildman–Crippen LogP) is 1.17. The van der Waals surface area contributed by atoms with E-state index in [0.29, 0.717) is 5.92 Å². The number of anilines is 2. The van der Waals surface area contributed by atoms with Crippen LogP contribution in [0.4, 0.5) is 11.5 Å². The fourth-order valence-corrected chi connectivity index (χ4v) is 2.67. The molecule has 1 unspecified atom stereocenters. The number of aromatic nitrogens is 2. The number of nitrogens with two attached hydrogens (primary N) is 1. The van der Waals surface area contributed by atoms with Crippen LogP contribution in [0.1, 0.15) is 18.5 Å². The zero-order chi connectivity index (χ0) is 12.4. The smallest absolute Gasteiger partial charge is 0.150 e. The third-order valence-electron chi connectivity index (χ3n) is 3.46. The van der Waals surface area contributed by atoms with E-state index in [0.717, 1.165) is 36.9 Å². The lowest BCUT2D eigenvalue weighted by Crippen LogP contribution is -2.38. The Labute approximate surface area is 103 Å². The SMILES string of the molecule is COCC1CCCN(c2c(N)c(C)nn2C)C1. The molecule has 1 saturated heterocycles. The molecule has 1 aromatic heterocycles. The first-order valence-corrected chi connectivity index (χ1v) is 6.16. The highest BCUT2D eigenvalue weighted by molar-refractivity contribution is 5.66. The van der Waals surface area contributed by atoms with Crippen molar-refractivity contribution in [3.63, 3.8) is 0 Å². The zero-order valence-corrected chi connectivity index (χ0v) is 10.9. The summed E-state index contributed by atoms with van der Waals surface area (Å²) in [6.07, 6.45) is 2.43. The molecule has 0 aliphatic carbocycles. The maximum atomic E-state index is 6.10. The monoisotopic (exact) mass is 238 g/mol. The van der Waals surface area contributed by atoms with Gasteiger partial charge in [-0.2, -0.15) is 5.10 Å². The van der Waals surface area contributed by atoms with Gasteiger partial charge in [-0.25, -0.2) is 0 Å². The van der Waals surface area contributed by atoms with Crippen molar-refractivity contribution in [1.82, 2.24) is 9.78 Å². The van der Waals surface area contributed by atoms with Gasteiger partial charge in [-0.1, -0.05) is 0 Å². The average Bonchev–Trinajstić information content (AvgIpc) is 2.54. The number of hydrogen-bond donors (Lipinski definition) is 1. The number of ether oxygens (including phenoxy) is 1. The van der Waals surface area contributed by atoms with Gasteiger partial charge in [-0.15, -0.1) is 0 Å². The largest absolute Gasteiger partial charge is 0.394 e. The molecule has 96 valence electrons. The van der Waals surface area contributed by atoms with Gasteiger partial charge in [-0.05, 0) is 25.7 Å². The van der Waals surface area contributed by atoms with Crippen LogP contribution in [-0.2, 0) is 11.8 Å². The van der Waals surface area contributed by atoms with E-state index >= 15 is 0 Å². The van der Waals surface area contributed by atoms with Gasteiger partial charge >= 0.3 is 0 Å². The second-order valence-corrected chi connectivity index (χ2v) is 4.86. The van der Waals surface area contributed by atoms with E-state index in [1.165, 1.54) is 12.8 Å². The minimum absolute atomic E-state index is 0.600. The molecule has 0 bridgehead atoms. The van der Waals surface area contributed by atoms with E-state index in [2.05, 4.69) is 10.00 Å². The Kier molecular flexibility index (Phi) is 3.57. The van der Waals surface area contributed by atoms with Crippen molar-refractivity contribution in [3.05, 3.63) is 5.69 Å². The summed E-state index contributed by atoms with van der Waals surface area (Å²) in [7, 11) is 3.72. The summed E-state index contributed by atoms with van der Waals surface area (Å²) in [6, 6.07) is 0. The molecule has 5 heteroatoms. The first-order chi connectivity index (χ1) is 8.13. The van der Waals surface area contributed by atoms with Crippen LogP contribution in [0.25, 0.3) is 0 Å². The Bertz CT molecular complexity index is 386. The number of aryl methyl sites for hydroxylation is 2. The van der Waals surface area contributed by atoms with Crippen LogP contribution in [0, 0.1) is 12.8 Å². The van der Waals surface area contributed by atoms with Crippen LogP contribution in [0.5, 0.6) is 0 Å². The maximum absolute atomic E-state index is 6.10. The van der Waals surface area contributed by atoms with Gasteiger partial charge in [0.15, 0.2) is 0 Å². The van der Waals surface area contributed by atoms with Crippen LogP contribution in [0.15, 0.2) is 0 Å². The van der Waals surface area contributed by atoms with E-state index in [-0.39, 0.29) is 0 Å². The molecule has 1 aromatic rings. The first kappa shape index (κ1) is 12.2. The van der Waals surface area contributed by atoms with Crippen molar-refractivity contribution < 1.29 is 4.74 Å². The number of nitrogen functional groups attached to an aromatic ring is 1. The molecule has 1 aliphatic heterocycles. The van der Waals surface area contributed by atoms with Crippen LogP contribution in [0.2, 0.25) is 0 Å². The number of nitrogens with zero attached hydrogens (tertiary/aromatic N) is 3. The summed E-state index contributed by atoms with van der Waals surface area (Å²) in [4.78, 5) is 2.34. The zero-order valence-electron chi connectivity index (χ0n) is 10.9. The highest BCUT2D eigenvalue weighted by Gasteiger charge is 2.24. The molecule has 1 atom stereocenters. The molecule has 2 heterocycles. The summed E-state index contributed by atoms with van der Waals surface area (Å²) in [5, 5.41) is 4.38. The predicted molar refractivity (Wildman–Crippen MR) is 69.2 cm³/mol.